The van der Waals surface area contributed by atoms with E-state index < -0.39 is 0 Å². The summed E-state index contributed by atoms with van der Waals surface area (Å²) < 4.78 is 11.7. The molecular weight excluding hydrogens is 468 g/mol. The van der Waals surface area contributed by atoms with Crippen LogP contribution >= 0.6 is 23.5 Å². The largest absolute Gasteiger partial charge is 0.484 e. The number of hydrogen-bond donors (Lipinski definition) is 2. The van der Waals surface area contributed by atoms with Crippen LogP contribution in [0.3, 0.4) is 0 Å². The van der Waals surface area contributed by atoms with Gasteiger partial charge >= 0.3 is 0 Å². The molecule has 1 heterocycles. The summed E-state index contributed by atoms with van der Waals surface area (Å²) in [6.07, 6.45) is 1.26. The van der Waals surface area contributed by atoms with Crippen LogP contribution in [0.5, 0.6) is 11.5 Å². The highest BCUT2D eigenvalue weighted by Gasteiger charge is 2.16. The zero-order valence-electron chi connectivity index (χ0n) is 18.6. The summed E-state index contributed by atoms with van der Waals surface area (Å²) in [6.45, 7) is -0.236. The van der Waals surface area contributed by atoms with Crippen molar-refractivity contribution in [2.24, 2.45) is 0 Å². The van der Waals surface area contributed by atoms with E-state index in [0.29, 0.717) is 27.5 Å². The molecular formula is C26H26N2O4S2. The first-order chi connectivity index (χ1) is 16.7. The SMILES string of the molecule is O=C(COc1ccc(C2SCCCS2)cc1)Nc1cccc(OCC(=O)Nc2ccccc2)c1. The molecule has 34 heavy (non-hydrogen) atoms. The number of ether oxygens (including phenoxy) is 2. The first-order valence-electron chi connectivity index (χ1n) is 11.0. The Bertz CT molecular complexity index is 1090. The summed E-state index contributed by atoms with van der Waals surface area (Å²) in [7, 11) is 0. The second-order valence-corrected chi connectivity index (χ2v) is 10.3. The van der Waals surface area contributed by atoms with Crippen molar-refractivity contribution in [3.8, 4) is 11.5 Å². The molecule has 8 heteroatoms. The fraction of sp³-hybridized carbons (Fsp3) is 0.231. The second-order valence-electron chi connectivity index (χ2n) is 7.56. The summed E-state index contributed by atoms with van der Waals surface area (Å²) in [5, 5.41) is 5.55. The Kier molecular flexibility index (Phi) is 8.76. The number of carbonyl (C=O) groups excluding carboxylic acids is 2. The van der Waals surface area contributed by atoms with Gasteiger partial charge in [-0.3, -0.25) is 9.59 Å². The van der Waals surface area contributed by atoms with E-state index in [0.717, 1.165) is 0 Å². The minimum Gasteiger partial charge on any atom is -0.484 e. The average Bonchev–Trinajstić information content (AvgIpc) is 2.88. The van der Waals surface area contributed by atoms with E-state index in [1.807, 2.05) is 53.9 Å². The zero-order valence-corrected chi connectivity index (χ0v) is 20.2. The number of carbonyl (C=O) groups is 2. The maximum absolute atomic E-state index is 12.3. The Morgan fingerprint density at radius 1 is 0.735 bits per heavy atom. The summed E-state index contributed by atoms with van der Waals surface area (Å²) in [5.74, 6) is 3.00. The van der Waals surface area contributed by atoms with Gasteiger partial charge in [0.05, 0.1) is 4.58 Å². The molecule has 2 amide bonds. The predicted molar refractivity (Wildman–Crippen MR) is 140 cm³/mol. The van der Waals surface area contributed by atoms with Crippen LogP contribution in [0.1, 0.15) is 16.6 Å². The van der Waals surface area contributed by atoms with Crippen LogP contribution in [-0.2, 0) is 9.59 Å². The quantitative estimate of drug-likeness (QED) is 0.404. The van der Waals surface area contributed by atoms with Gasteiger partial charge in [-0.2, -0.15) is 0 Å². The molecule has 3 aromatic carbocycles. The highest BCUT2D eigenvalue weighted by Crippen LogP contribution is 2.43. The summed E-state index contributed by atoms with van der Waals surface area (Å²) >= 11 is 3.95. The van der Waals surface area contributed by atoms with Gasteiger partial charge in [-0.05, 0) is 59.9 Å². The molecule has 0 unspecified atom stereocenters. The van der Waals surface area contributed by atoms with Gasteiger partial charge < -0.3 is 20.1 Å². The number of hydrogen-bond acceptors (Lipinski definition) is 6. The van der Waals surface area contributed by atoms with Crippen LogP contribution in [0.25, 0.3) is 0 Å². The van der Waals surface area contributed by atoms with Crippen LogP contribution < -0.4 is 20.1 Å². The monoisotopic (exact) mass is 494 g/mol. The molecule has 176 valence electrons. The molecule has 0 aliphatic carbocycles. The molecule has 3 aromatic rings. The number of amides is 2. The van der Waals surface area contributed by atoms with Crippen molar-refractivity contribution < 1.29 is 19.1 Å². The lowest BCUT2D eigenvalue weighted by Gasteiger charge is -2.21. The fourth-order valence-corrected chi connectivity index (χ4v) is 6.17. The van der Waals surface area contributed by atoms with Crippen LogP contribution in [0.2, 0.25) is 0 Å². The van der Waals surface area contributed by atoms with Gasteiger partial charge in [0.2, 0.25) is 0 Å². The Balaban J connectivity index is 1.21. The molecule has 1 aliphatic rings. The molecule has 1 aliphatic heterocycles. The maximum atomic E-state index is 12.3. The Labute approximate surface area is 207 Å². The van der Waals surface area contributed by atoms with Crippen molar-refractivity contribution in [2.45, 2.75) is 11.0 Å². The molecule has 0 radical (unpaired) electrons. The van der Waals surface area contributed by atoms with Gasteiger partial charge in [-0.1, -0.05) is 36.4 Å². The number of thioether (sulfide) groups is 2. The molecule has 4 rings (SSSR count). The van der Waals surface area contributed by atoms with Crippen LogP contribution in [0.4, 0.5) is 11.4 Å². The highest BCUT2D eigenvalue weighted by molar-refractivity contribution is 8.16. The highest BCUT2D eigenvalue weighted by atomic mass is 32.2. The lowest BCUT2D eigenvalue weighted by molar-refractivity contribution is -0.118. The fourth-order valence-electron chi connectivity index (χ4n) is 3.28. The topological polar surface area (TPSA) is 76.7 Å². The minimum absolute atomic E-state index is 0.100. The summed E-state index contributed by atoms with van der Waals surface area (Å²) in [6, 6.07) is 24.0. The smallest absolute Gasteiger partial charge is 0.262 e. The molecule has 0 saturated carbocycles. The molecule has 1 saturated heterocycles. The minimum atomic E-state index is -0.276. The Morgan fingerprint density at radius 2 is 1.35 bits per heavy atom. The van der Waals surface area contributed by atoms with Crippen molar-refractivity contribution in [1.82, 2.24) is 0 Å². The van der Waals surface area contributed by atoms with E-state index in [1.165, 1.54) is 23.5 Å². The van der Waals surface area contributed by atoms with E-state index in [9.17, 15) is 9.59 Å². The van der Waals surface area contributed by atoms with Gasteiger partial charge in [0.25, 0.3) is 11.8 Å². The summed E-state index contributed by atoms with van der Waals surface area (Å²) in [5.41, 5.74) is 2.55. The maximum Gasteiger partial charge on any atom is 0.262 e. The number of anilines is 2. The third-order valence-electron chi connectivity index (χ3n) is 4.89. The summed E-state index contributed by atoms with van der Waals surface area (Å²) in [4.78, 5) is 24.4. The zero-order chi connectivity index (χ0) is 23.6. The number of rotatable bonds is 9. The van der Waals surface area contributed by atoms with Crippen molar-refractivity contribution in [3.05, 3.63) is 84.4 Å². The number of benzene rings is 3. The van der Waals surface area contributed by atoms with Gasteiger partial charge in [0.15, 0.2) is 13.2 Å². The third kappa shape index (κ3) is 7.46. The average molecular weight is 495 g/mol. The van der Waals surface area contributed by atoms with E-state index in [1.54, 1.807) is 36.4 Å². The van der Waals surface area contributed by atoms with Crippen molar-refractivity contribution in [1.29, 1.82) is 0 Å². The van der Waals surface area contributed by atoms with E-state index in [-0.39, 0.29) is 25.0 Å². The van der Waals surface area contributed by atoms with E-state index in [2.05, 4.69) is 22.8 Å². The van der Waals surface area contributed by atoms with E-state index in [4.69, 9.17) is 9.47 Å². The van der Waals surface area contributed by atoms with Gasteiger partial charge in [-0.15, -0.1) is 23.5 Å². The lowest BCUT2D eigenvalue weighted by atomic mass is 10.2. The standard InChI is InChI=1S/C26H26N2O4S2/c29-24(27-20-6-2-1-3-7-20)18-32-23-9-4-8-21(16-23)28-25(30)17-31-22-12-10-19(11-13-22)26-33-14-5-15-34-26/h1-4,6-13,16,26H,5,14-15,17-18H2,(H,27,29)(H,28,30). The van der Waals surface area contributed by atoms with Crippen LogP contribution in [0.15, 0.2) is 78.9 Å². The Morgan fingerprint density at radius 3 is 2.06 bits per heavy atom. The van der Waals surface area contributed by atoms with Gasteiger partial charge in [-0.25, -0.2) is 0 Å². The van der Waals surface area contributed by atoms with Crippen LogP contribution in [0, 0.1) is 0 Å². The molecule has 1 fully saturated rings. The molecule has 0 spiro atoms. The van der Waals surface area contributed by atoms with Crippen molar-refractivity contribution in [3.63, 3.8) is 0 Å². The van der Waals surface area contributed by atoms with Gasteiger partial charge in [0, 0.05) is 17.4 Å². The lowest BCUT2D eigenvalue weighted by Crippen LogP contribution is -2.21. The molecule has 6 nitrogen and oxygen atoms in total. The first-order valence-corrected chi connectivity index (χ1v) is 13.1. The second kappa shape index (κ2) is 12.4. The molecule has 0 aromatic heterocycles. The number of para-hydroxylation sites is 1. The van der Waals surface area contributed by atoms with E-state index >= 15 is 0 Å². The normalized spacial score (nSPS) is 13.6. The van der Waals surface area contributed by atoms with Crippen LogP contribution in [-0.4, -0.2) is 36.5 Å². The number of nitrogens with one attached hydrogen (secondary N) is 2. The first kappa shape index (κ1) is 24.0. The third-order valence-corrected chi connectivity index (χ3v) is 7.91. The molecule has 2 N–H and O–H groups in total. The van der Waals surface area contributed by atoms with Crippen molar-refractivity contribution >= 4 is 46.7 Å². The van der Waals surface area contributed by atoms with Gasteiger partial charge in [0.1, 0.15) is 11.5 Å². The molecule has 0 bridgehead atoms. The van der Waals surface area contributed by atoms with Crippen molar-refractivity contribution in [2.75, 3.05) is 35.4 Å². The Hall–Kier alpha value is -3.10. The molecule has 0 atom stereocenters. The predicted octanol–water partition coefficient (Wildman–Crippen LogP) is 5.59.